The van der Waals surface area contributed by atoms with Gasteiger partial charge < -0.3 is 4.98 Å². The first-order valence-corrected chi connectivity index (χ1v) is 4.03. The largest absolute Gasteiger partial charge is 0.348 e. The van der Waals surface area contributed by atoms with Gasteiger partial charge in [0, 0.05) is 11.9 Å². The Morgan fingerprint density at radius 1 is 1.46 bits per heavy atom. The predicted octanol–water partition coefficient (Wildman–Crippen LogP) is 1.82. The fourth-order valence-electron chi connectivity index (χ4n) is 1.46. The van der Waals surface area contributed by atoms with Gasteiger partial charge in [0.1, 0.15) is 5.82 Å². The summed E-state index contributed by atoms with van der Waals surface area (Å²) in [6.07, 6.45) is 2.18. The van der Waals surface area contributed by atoms with Crippen LogP contribution in [-0.4, -0.2) is 10.8 Å². The molecule has 66 valence electrons. The molecule has 1 N–H and O–H groups in total. The van der Waals surface area contributed by atoms with Gasteiger partial charge in [-0.25, -0.2) is 0 Å². The number of H-pyrrole nitrogens is 1. The highest BCUT2D eigenvalue weighted by Gasteiger charge is 2.28. The van der Waals surface area contributed by atoms with E-state index >= 15 is 0 Å². The Bertz CT molecular complexity index is 376. The molecule has 0 atom stereocenters. The molecule has 0 bridgehead atoms. The van der Waals surface area contributed by atoms with Crippen LogP contribution in [0, 0.1) is 0 Å². The number of Topliss-reactive ketones (excluding diaryl/α,β-unsaturated/α-hetero) is 1. The molecule has 1 aromatic heterocycles. The van der Waals surface area contributed by atoms with E-state index in [4.69, 9.17) is 0 Å². The highest BCUT2D eigenvalue weighted by molar-refractivity contribution is 6.04. The molecule has 0 aliphatic carbocycles. The molecule has 1 aliphatic rings. The molecule has 2 rings (SSSR count). The maximum Gasteiger partial charge on any atom is 0.184 e. The van der Waals surface area contributed by atoms with Crippen LogP contribution in [-0.2, 0) is 4.79 Å². The quantitative estimate of drug-likeness (QED) is 0.659. The highest BCUT2D eigenvalue weighted by atomic mass is 16.1. The molecular formula is C10H10N2O. The van der Waals surface area contributed by atoms with E-state index in [0.29, 0.717) is 12.1 Å². The number of allylic oxidation sites excluding steroid dienone is 2. The molecule has 3 heteroatoms. The fourth-order valence-corrected chi connectivity index (χ4v) is 1.46. The van der Waals surface area contributed by atoms with Crippen LogP contribution in [0.3, 0.4) is 0 Å². The molecule has 0 amide bonds. The number of anilines is 1. The lowest BCUT2D eigenvalue weighted by molar-refractivity contribution is -0.114. The van der Waals surface area contributed by atoms with E-state index in [-0.39, 0.29) is 5.78 Å². The van der Waals surface area contributed by atoms with Crippen molar-refractivity contribution in [2.45, 2.75) is 6.42 Å². The van der Waals surface area contributed by atoms with E-state index in [0.717, 1.165) is 11.5 Å². The molecule has 0 radical (unpaired) electrons. The van der Waals surface area contributed by atoms with Crippen LogP contribution in [0.4, 0.5) is 5.82 Å². The molecule has 3 nitrogen and oxygen atoms in total. The Kier molecular flexibility index (Phi) is 1.59. The highest BCUT2D eigenvalue weighted by Crippen LogP contribution is 2.29. The first kappa shape index (κ1) is 7.86. The Hall–Kier alpha value is -1.77. The lowest BCUT2D eigenvalue weighted by Gasteiger charge is -2.16. The topological polar surface area (TPSA) is 36.1 Å². The minimum Gasteiger partial charge on any atom is -0.348 e. The molecule has 0 aromatic carbocycles. The number of hydrogen-bond acceptors (Lipinski definition) is 2. The number of nitrogens with zero attached hydrogens (tertiary/aromatic N) is 1. The summed E-state index contributed by atoms with van der Waals surface area (Å²) in [6, 6.07) is 3.76. The summed E-state index contributed by atoms with van der Waals surface area (Å²) in [5.74, 6) is 0.889. The van der Waals surface area contributed by atoms with E-state index in [1.165, 1.54) is 0 Å². The van der Waals surface area contributed by atoms with Crippen LogP contribution >= 0.6 is 0 Å². The maximum atomic E-state index is 11.3. The van der Waals surface area contributed by atoms with Crippen molar-refractivity contribution in [2.75, 3.05) is 4.90 Å². The third-order valence-electron chi connectivity index (χ3n) is 2.10. The van der Waals surface area contributed by atoms with Crippen molar-refractivity contribution in [1.82, 2.24) is 4.98 Å². The first-order chi connectivity index (χ1) is 6.20. The van der Waals surface area contributed by atoms with Crippen LogP contribution in [0.5, 0.6) is 0 Å². The summed E-state index contributed by atoms with van der Waals surface area (Å²) in [5, 5.41) is 0. The van der Waals surface area contributed by atoms with Crippen molar-refractivity contribution in [1.29, 1.82) is 0 Å². The van der Waals surface area contributed by atoms with Crippen molar-refractivity contribution < 1.29 is 4.79 Å². The van der Waals surface area contributed by atoms with Crippen LogP contribution in [0.2, 0.25) is 0 Å². The standard InChI is InChI=1S/C10H10N2O/c1-7-6-9(13)8(2)12(7)10-4-3-5-11-10/h3-5,11H,1-2,6H2. The summed E-state index contributed by atoms with van der Waals surface area (Å²) in [6.45, 7) is 7.54. The minimum absolute atomic E-state index is 0.0413. The zero-order valence-corrected chi connectivity index (χ0v) is 7.21. The number of carbonyl (C=O) groups excluding carboxylic acids is 1. The number of rotatable bonds is 1. The molecule has 13 heavy (non-hydrogen) atoms. The van der Waals surface area contributed by atoms with E-state index in [9.17, 15) is 4.79 Å². The molecule has 1 aliphatic heterocycles. The monoisotopic (exact) mass is 174 g/mol. The third-order valence-corrected chi connectivity index (χ3v) is 2.10. The van der Waals surface area contributed by atoms with Gasteiger partial charge in [0.2, 0.25) is 0 Å². The van der Waals surface area contributed by atoms with E-state index in [1.54, 1.807) is 11.1 Å². The second-order valence-electron chi connectivity index (χ2n) is 3.00. The number of hydrogen-bond donors (Lipinski definition) is 1. The molecule has 0 unspecified atom stereocenters. The molecule has 0 spiro atoms. The number of nitrogens with one attached hydrogen (secondary N) is 1. The second kappa shape index (κ2) is 2.62. The summed E-state index contributed by atoms with van der Waals surface area (Å²) >= 11 is 0. The third kappa shape index (κ3) is 1.09. The summed E-state index contributed by atoms with van der Waals surface area (Å²) in [5.41, 5.74) is 1.27. The van der Waals surface area contributed by atoms with Gasteiger partial charge in [-0.3, -0.25) is 9.69 Å². The van der Waals surface area contributed by atoms with Crippen LogP contribution < -0.4 is 4.90 Å². The zero-order valence-electron chi connectivity index (χ0n) is 7.21. The van der Waals surface area contributed by atoms with Gasteiger partial charge in [-0.1, -0.05) is 13.2 Å². The Morgan fingerprint density at radius 3 is 2.69 bits per heavy atom. The smallest absolute Gasteiger partial charge is 0.184 e. The van der Waals surface area contributed by atoms with Crippen molar-refractivity contribution in [3.63, 3.8) is 0 Å². The van der Waals surface area contributed by atoms with E-state index in [1.807, 2.05) is 12.1 Å². The molecule has 1 saturated heterocycles. The maximum absolute atomic E-state index is 11.3. The predicted molar refractivity (Wildman–Crippen MR) is 51.2 cm³/mol. The Morgan fingerprint density at radius 2 is 2.23 bits per heavy atom. The number of aromatic amines is 1. The Balaban J connectivity index is 2.40. The molecule has 2 heterocycles. The number of aromatic nitrogens is 1. The van der Waals surface area contributed by atoms with E-state index in [2.05, 4.69) is 18.1 Å². The van der Waals surface area contributed by atoms with Crippen molar-refractivity contribution in [3.05, 3.63) is 42.9 Å². The van der Waals surface area contributed by atoms with E-state index < -0.39 is 0 Å². The number of carbonyl (C=O) groups is 1. The molecule has 1 fully saturated rings. The summed E-state index contributed by atoms with van der Waals surface area (Å²) in [4.78, 5) is 16.0. The lowest BCUT2D eigenvalue weighted by Crippen LogP contribution is -2.14. The van der Waals surface area contributed by atoms with Crippen molar-refractivity contribution in [3.8, 4) is 0 Å². The fraction of sp³-hybridized carbons (Fsp3) is 0.100. The van der Waals surface area contributed by atoms with Gasteiger partial charge in [0.05, 0.1) is 12.1 Å². The molecule has 1 aromatic rings. The average Bonchev–Trinajstić information content (AvgIpc) is 2.63. The number of ketones is 1. The van der Waals surface area contributed by atoms with Crippen molar-refractivity contribution >= 4 is 11.6 Å². The van der Waals surface area contributed by atoms with Gasteiger partial charge in [-0.05, 0) is 12.1 Å². The van der Waals surface area contributed by atoms with Crippen molar-refractivity contribution in [2.24, 2.45) is 0 Å². The molecular weight excluding hydrogens is 164 g/mol. The summed E-state index contributed by atoms with van der Waals surface area (Å²) < 4.78 is 0. The van der Waals surface area contributed by atoms with Crippen LogP contribution in [0.1, 0.15) is 6.42 Å². The zero-order chi connectivity index (χ0) is 9.42. The van der Waals surface area contributed by atoms with Gasteiger partial charge in [-0.2, -0.15) is 0 Å². The minimum atomic E-state index is 0.0413. The van der Waals surface area contributed by atoms with Gasteiger partial charge in [0.15, 0.2) is 5.78 Å². The van der Waals surface area contributed by atoms with Gasteiger partial charge in [0.25, 0.3) is 0 Å². The Labute approximate surface area is 76.4 Å². The van der Waals surface area contributed by atoms with Crippen LogP contribution in [0.25, 0.3) is 0 Å². The van der Waals surface area contributed by atoms with Gasteiger partial charge >= 0.3 is 0 Å². The second-order valence-corrected chi connectivity index (χ2v) is 3.00. The summed E-state index contributed by atoms with van der Waals surface area (Å²) in [7, 11) is 0. The lowest BCUT2D eigenvalue weighted by atomic mass is 10.3. The molecule has 0 saturated carbocycles. The normalized spacial score (nSPS) is 17.2. The first-order valence-electron chi connectivity index (χ1n) is 4.03. The average molecular weight is 174 g/mol. The van der Waals surface area contributed by atoms with Crippen LogP contribution in [0.15, 0.2) is 42.9 Å². The van der Waals surface area contributed by atoms with Gasteiger partial charge in [-0.15, -0.1) is 0 Å². The SMILES string of the molecule is C=C1CC(=O)C(=C)N1c1ccc[nH]1.